The van der Waals surface area contributed by atoms with E-state index < -0.39 is 9.85 Å². The first-order valence-electron chi connectivity index (χ1n) is 23.1. The number of nitro benzene ring substituents is 2. The zero-order chi connectivity index (χ0) is 45.5. The molecule has 0 bridgehead atoms. The van der Waals surface area contributed by atoms with Crippen molar-refractivity contribution in [2.75, 3.05) is 151 Å². The van der Waals surface area contributed by atoms with E-state index in [-0.39, 0.29) is 42.8 Å². The average molecular weight is 906 g/mol. The van der Waals surface area contributed by atoms with Gasteiger partial charge < -0.3 is 57.4 Å². The number of esters is 1. The number of non-ortho nitro benzene ring substituents is 1. The van der Waals surface area contributed by atoms with Crippen molar-refractivity contribution in [3.8, 4) is 0 Å². The van der Waals surface area contributed by atoms with Gasteiger partial charge in [-0.2, -0.15) is 0 Å². The Balaban J connectivity index is 1.69. The van der Waals surface area contributed by atoms with Crippen molar-refractivity contribution < 1.29 is 66.7 Å². The van der Waals surface area contributed by atoms with Crippen molar-refractivity contribution >= 4 is 23.0 Å². The molecular formula is C44H79N3O16. The molecule has 0 amide bonds. The van der Waals surface area contributed by atoms with E-state index >= 15 is 0 Å². The third kappa shape index (κ3) is 39.0. The van der Waals surface area contributed by atoms with Gasteiger partial charge in [0.05, 0.1) is 148 Å². The summed E-state index contributed by atoms with van der Waals surface area (Å²) < 4.78 is 60.0. The highest BCUT2D eigenvalue weighted by Gasteiger charge is 2.19. The Bertz CT molecular complexity index is 1220. The second kappa shape index (κ2) is 45.5. The van der Waals surface area contributed by atoms with E-state index in [9.17, 15) is 25.0 Å². The van der Waals surface area contributed by atoms with Crippen LogP contribution in [0.1, 0.15) is 96.8 Å². The molecule has 0 aromatic heterocycles. The van der Waals surface area contributed by atoms with E-state index in [1.54, 1.807) is 0 Å². The van der Waals surface area contributed by atoms with Crippen molar-refractivity contribution in [2.45, 2.75) is 96.8 Å². The molecule has 1 rings (SSSR count). The number of hydrogen-bond donors (Lipinski definition) is 1. The predicted octanol–water partition coefficient (Wildman–Crippen LogP) is 7.11. The first kappa shape index (κ1) is 57.9. The molecule has 19 heteroatoms. The van der Waals surface area contributed by atoms with E-state index in [2.05, 4.69) is 12.2 Å². The highest BCUT2D eigenvalue weighted by Crippen LogP contribution is 2.28. The third-order valence-electron chi connectivity index (χ3n) is 9.27. The predicted molar refractivity (Wildman–Crippen MR) is 238 cm³/mol. The van der Waals surface area contributed by atoms with Crippen LogP contribution in [0.3, 0.4) is 0 Å². The van der Waals surface area contributed by atoms with Gasteiger partial charge in [-0.25, -0.2) is 0 Å². The van der Waals surface area contributed by atoms with Gasteiger partial charge in [0.1, 0.15) is 12.3 Å². The molecule has 1 aromatic carbocycles. The molecule has 63 heavy (non-hydrogen) atoms. The van der Waals surface area contributed by atoms with Gasteiger partial charge >= 0.3 is 5.97 Å². The number of carbonyl (C=O) groups excluding carboxylic acids is 1. The first-order chi connectivity index (χ1) is 31.0. The molecule has 0 radical (unpaired) electrons. The summed E-state index contributed by atoms with van der Waals surface area (Å²) in [6, 6.07) is 3.43. The largest absolute Gasteiger partial charge is 0.463 e. The van der Waals surface area contributed by atoms with E-state index in [0.29, 0.717) is 132 Å². The molecule has 366 valence electrons. The molecule has 0 aliphatic rings. The van der Waals surface area contributed by atoms with Crippen LogP contribution in [0.25, 0.3) is 0 Å². The van der Waals surface area contributed by atoms with E-state index in [1.807, 2.05) is 0 Å². The van der Waals surface area contributed by atoms with Gasteiger partial charge in [0.25, 0.3) is 11.4 Å². The number of carbonyl (C=O) groups is 1. The summed E-state index contributed by atoms with van der Waals surface area (Å²) in [5, 5.41) is 24.9. The summed E-state index contributed by atoms with van der Waals surface area (Å²) in [5.74, 6) is -0.145. The number of ether oxygens (including phenoxy) is 11. The third-order valence-corrected chi connectivity index (χ3v) is 9.27. The van der Waals surface area contributed by atoms with Crippen LogP contribution >= 0.6 is 0 Å². The normalized spacial score (nSPS) is 11.3. The first-order valence-corrected chi connectivity index (χ1v) is 23.1. The molecule has 0 aliphatic heterocycles. The van der Waals surface area contributed by atoms with Crippen LogP contribution in [-0.2, 0) is 56.9 Å². The molecule has 0 fully saturated rings. The molecule has 0 saturated heterocycles. The molecule has 0 unspecified atom stereocenters. The second-order valence-corrected chi connectivity index (χ2v) is 14.5. The molecule has 0 aliphatic carbocycles. The average Bonchev–Trinajstić information content (AvgIpc) is 3.28. The zero-order valence-electron chi connectivity index (χ0n) is 38.1. The highest BCUT2D eigenvalue weighted by molar-refractivity contribution is 5.69. The lowest BCUT2D eigenvalue weighted by Gasteiger charge is -2.09. The van der Waals surface area contributed by atoms with Crippen LogP contribution in [0.2, 0.25) is 0 Å². The summed E-state index contributed by atoms with van der Waals surface area (Å²) >= 11 is 0. The number of nitro groups is 2. The van der Waals surface area contributed by atoms with Crippen LogP contribution in [0.15, 0.2) is 18.2 Å². The Labute approximate surface area is 375 Å². The molecule has 0 saturated carbocycles. The van der Waals surface area contributed by atoms with Crippen molar-refractivity contribution in [3.63, 3.8) is 0 Å². The van der Waals surface area contributed by atoms with Crippen LogP contribution < -0.4 is 5.32 Å². The Morgan fingerprint density at radius 1 is 0.460 bits per heavy atom. The smallest absolute Gasteiger partial charge is 0.305 e. The molecule has 0 heterocycles. The van der Waals surface area contributed by atoms with Gasteiger partial charge in [0.2, 0.25) is 0 Å². The second-order valence-electron chi connectivity index (χ2n) is 14.5. The fraction of sp³-hybridized carbons (Fsp3) is 0.841. The van der Waals surface area contributed by atoms with Crippen LogP contribution in [-0.4, -0.2) is 161 Å². The number of hydrogen-bond acceptors (Lipinski definition) is 17. The Kier molecular flexibility index (Phi) is 41.8. The fourth-order valence-corrected chi connectivity index (χ4v) is 5.85. The summed E-state index contributed by atoms with van der Waals surface area (Å²) in [6.07, 6.45) is 17.2. The number of anilines is 1. The maximum Gasteiger partial charge on any atom is 0.305 e. The number of rotatable bonds is 50. The molecular weight excluding hydrogens is 826 g/mol. The van der Waals surface area contributed by atoms with Crippen molar-refractivity contribution in [3.05, 3.63) is 38.4 Å². The Morgan fingerprint density at radius 2 is 0.794 bits per heavy atom. The van der Waals surface area contributed by atoms with Crippen molar-refractivity contribution in [2.24, 2.45) is 0 Å². The zero-order valence-corrected chi connectivity index (χ0v) is 38.1. The minimum atomic E-state index is -0.681. The summed E-state index contributed by atoms with van der Waals surface area (Å²) in [7, 11) is 0. The summed E-state index contributed by atoms with van der Waals surface area (Å²) in [4.78, 5) is 32.5. The maximum atomic E-state index is 11.9. The maximum absolute atomic E-state index is 11.9. The minimum Gasteiger partial charge on any atom is -0.463 e. The fourth-order valence-electron chi connectivity index (χ4n) is 5.85. The van der Waals surface area contributed by atoms with Crippen molar-refractivity contribution in [1.29, 1.82) is 0 Å². The van der Waals surface area contributed by atoms with Gasteiger partial charge in [-0.05, 0) is 12.5 Å². The van der Waals surface area contributed by atoms with Gasteiger partial charge in [-0.3, -0.25) is 25.0 Å². The lowest BCUT2D eigenvalue weighted by atomic mass is 10.0. The molecule has 1 aromatic rings. The van der Waals surface area contributed by atoms with Crippen molar-refractivity contribution in [1.82, 2.24) is 0 Å². The number of benzene rings is 1. The van der Waals surface area contributed by atoms with E-state index in [4.69, 9.17) is 52.1 Å². The lowest BCUT2D eigenvalue weighted by Crippen LogP contribution is -2.16. The SMILES string of the molecule is CCCCCCCCCCCCCCCC(=O)OCCOCCOCCOCCOCCOCCOCCOCCOCCOCCOCCNc1ccc([N+](=O)[O-])cc1[N+](=O)[O-]. The quantitative estimate of drug-likeness (QED) is 0.0298. The Morgan fingerprint density at radius 3 is 1.14 bits per heavy atom. The lowest BCUT2D eigenvalue weighted by molar-refractivity contribution is -0.393. The Hall–Kier alpha value is -3.11. The van der Waals surface area contributed by atoms with Gasteiger partial charge in [-0.1, -0.05) is 84.0 Å². The van der Waals surface area contributed by atoms with Crippen LogP contribution in [0, 0.1) is 20.2 Å². The molecule has 19 nitrogen and oxygen atoms in total. The monoisotopic (exact) mass is 906 g/mol. The molecule has 1 N–H and O–H groups in total. The topological polar surface area (TPSA) is 217 Å². The highest BCUT2D eigenvalue weighted by atomic mass is 16.6. The van der Waals surface area contributed by atoms with Gasteiger partial charge in [0.15, 0.2) is 0 Å². The van der Waals surface area contributed by atoms with Gasteiger partial charge in [0, 0.05) is 19.0 Å². The molecule has 0 spiro atoms. The number of nitrogens with zero attached hydrogens (tertiary/aromatic N) is 2. The van der Waals surface area contributed by atoms with Gasteiger partial charge in [-0.15, -0.1) is 0 Å². The number of nitrogens with one attached hydrogen (secondary N) is 1. The van der Waals surface area contributed by atoms with Crippen LogP contribution in [0.5, 0.6) is 0 Å². The minimum absolute atomic E-state index is 0.145. The number of unbranched alkanes of at least 4 members (excludes halogenated alkanes) is 12. The standard InChI is InChI=1S/C44H79N3O16/c1-2-3-4-5-6-7-8-9-10-11-12-13-14-15-44(48)63-39-38-62-37-36-61-35-34-60-33-32-59-31-30-58-29-28-57-27-26-56-25-24-55-23-22-54-21-20-53-19-18-45-42-17-16-41(46(49)50)40-43(42)47(51)52/h16-17,40,45H,2-15,18-39H2,1H3. The van der Waals surface area contributed by atoms with E-state index in [1.165, 1.54) is 82.8 Å². The summed E-state index contributed by atoms with van der Waals surface area (Å²) in [5.41, 5.74) is -0.532. The van der Waals surface area contributed by atoms with E-state index in [0.717, 1.165) is 18.9 Å². The molecule has 0 atom stereocenters. The summed E-state index contributed by atoms with van der Waals surface area (Å²) in [6.45, 7) is 11.3. The van der Waals surface area contributed by atoms with Crippen LogP contribution in [0.4, 0.5) is 17.1 Å².